The first-order valence-corrected chi connectivity index (χ1v) is 11.1. The number of benzene rings is 2. The van der Waals surface area contributed by atoms with E-state index < -0.39 is 48.2 Å². The molecular weight excluding hydrogens is 454 g/mol. The quantitative estimate of drug-likeness (QED) is 0.612. The third-order valence-corrected chi connectivity index (χ3v) is 6.48. The minimum absolute atomic E-state index is 0.180. The van der Waals surface area contributed by atoms with Crippen molar-refractivity contribution in [1.82, 2.24) is 4.90 Å². The first-order valence-electron chi connectivity index (χ1n) is 10.2. The van der Waals surface area contributed by atoms with E-state index in [1.807, 2.05) is 0 Å². The first-order chi connectivity index (χ1) is 15.8. The third kappa shape index (κ3) is 5.01. The second-order valence-corrected chi connectivity index (χ2v) is 8.76. The SMILES string of the molecule is CN(C)C1=N[C@@H]2[C@@H](OC(=O)c3ccccc3)[C@H](OC(=O)c3ccccc3)[C@@H](C(F)F)O[C@@H]2S1. The Labute approximate surface area is 193 Å². The van der Waals surface area contributed by atoms with Gasteiger partial charge in [0.15, 0.2) is 23.5 Å². The zero-order chi connectivity index (χ0) is 23.5. The number of nitrogens with zero attached hydrogens (tertiary/aromatic N) is 2. The standard InChI is InChI=1S/C23H22F2N2O5S/c1-27(2)23-26-15-16(30-20(28)13-9-5-3-6-10-13)17(18(19(24)25)32-22(15)33-23)31-21(29)14-11-7-4-8-12-14/h3-12,15-19,22H,1-2H3/t15-,16-,17+,18+,22-/m1/s1. The Morgan fingerprint density at radius 1 is 0.939 bits per heavy atom. The van der Waals surface area contributed by atoms with E-state index in [2.05, 4.69) is 4.99 Å². The smallest absolute Gasteiger partial charge is 0.338 e. The third-order valence-electron chi connectivity index (χ3n) is 5.17. The molecule has 4 rings (SSSR count). The molecule has 10 heteroatoms. The lowest BCUT2D eigenvalue weighted by atomic mass is 9.97. The van der Waals surface area contributed by atoms with Gasteiger partial charge in [-0.25, -0.2) is 18.4 Å². The van der Waals surface area contributed by atoms with E-state index in [0.29, 0.717) is 5.17 Å². The van der Waals surface area contributed by atoms with Crippen molar-refractivity contribution in [3.63, 3.8) is 0 Å². The number of hydrogen-bond donors (Lipinski definition) is 0. The molecule has 33 heavy (non-hydrogen) atoms. The lowest BCUT2D eigenvalue weighted by Gasteiger charge is -2.41. The van der Waals surface area contributed by atoms with E-state index in [9.17, 15) is 18.4 Å². The van der Waals surface area contributed by atoms with Crippen LogP contribution in [0.5, 0.6) is 0 Å². The summed E-state index contributed by atoms with van der Waals surface area (Å²) in [5.74, 6) is -1.55. The molecule has 1 saturated heterocycles. The van der Waals surface area contributed by atoms with Gasteiger partial charge in [-0.1, -0.05) is 48.2 Å². The van der Waals surface area contributed by atoms with Crippen LogP contribution in [0.2, 0.25) is 0 Å². The summed E-state index contributed by atoms with van der Waals surface area (Å²) in [6.45, 7) is 0. The Hall–Kier alpha value is -2.98. The first kappa shape index (κ1) is 23.2. The van der Waals surface area contributed by atoms with Crippen molar-refractivity contribution in [2.45, 2.75) is 36.2 Å². The fourth-order valence-electron chi connectivity index (χ4n) is 3.57. The number of amidine groups is 1. The van der Waals surface area contributed by atoms with Gasteiger partial charge in [0.2, 0.25) is 0 Å². The van der Waals surface area contributed by atoms with Crippen molar-refractivity contribution in [3.8, 4) is 0 Å². The van der Waals surface area contributed by atoms with Crippen LogP contribution >= 0.6 is 11.8 Å². The molecule has 5 atom stereocenters. The molecule has 2 heterocycles. The zero-order valence-corrected chi connectivity index (χ0v) is 18.7. The van der Waals surface area contributed by atoms with Gasteiger partial charge in [0, 0.05) is 14.1 Å². The van der Waals surface area contributed by atoms with Gasteiger partial charge >= 0.3 is 11.9 Å². The Morgan fingerprint density at radius 2 is 1.45 bits per heavy atom. The largest absolute Gasteiger partial charge is 0.452 e. The van der Waals surface area contributed by atoms with Crippen LogP contribution in [-0.2, 0) is 14.2 Å². The Bertz CT molecular complexity index is 1020. The molecule has 174 valence electrons. The van der Waals surface area contributed by atoms with Crippen molar-refractivity contribution >= 4 is 28.9 Å². The van der Waals surface area contributed by atoms with E-state index in [-0.39, 0.29) is 11.1 Å². The molecule has 0 aromatic heterocycles. The summed E-state index contributed by atoms with van der Waals surface area (Å²) < 4.78 is 44.9. The second kappa shape index (κ2) is 9.88. The van der Waals surface area contributed by atoms with Crippen LogP contribution in [-0.4, -0.2) is 72.3 Å². The van der Waals surface area contributed by atoms with Crippen molar-refractivity contribution in [3.05, 3.63) is 71.8 Å². The van der Waals surface area contributed by atoms with Crippen LogP contribution in [0.1, 0.15) is 20.7 Å². The molecule has 0 N–H and O–H groups in total. The summed E-state index contributed by atoms with van der Waals surface area (Å²) >= 11 is 1.16. The number of rotatable bonds is 5. The van der Waals surface area contributed by atoms with Gasteiger partial charge in [0.25, 0.3) is 6.43 Å². The molecule has 0 radical (unpaired) electrons. The Balaban J connectivity index is 1.68. The number of esters is 2. The number of ether oxygens (including phenoxy) is 3. The van der Waals surface area contributed by atoms with Gasteiger partial charge in [-0.05, 0) is 24.3 Å². The minimum atomic E-state index is -2.98. The number of hydrogen-bond acceptors (Lipinski definition) is 8. The predicted molar refractivity (Wildman–Crippen MR) is 118 cm³/mol. The molecule has 2 aliphatic rings. The monoisotopic (exact) mass is 476 g/mol. The van der Waals surface area contributed by atoms with Crippen LogP contribution in [0, 0.1) is 0 Å². The second-order valence-electron chi connectivity index (χ2n) is 7.69. The number of fused-ring (bicyclic) bond motifs is 1. The molecule has 7 nitrogen and oxygen atoms in total. The summed E-state index contributed by atoms with van der Waals surface area (Å²) in [5.41, 5.74) is -0.398. The highest BCUT2D eigenvalue weighted by Crippen LogP contribution is 2.41. The lowest BCUT2D eigenvalue weighted by Crippen LogP contribution is -2.59. The van der Waals surface area contributed by atoms with E-state index in [0.717, 1.165) is 11.8 Å². The van der Waals surface area contributed by atoms with Crippen molar-refractivity contribution in [2.24, 2.45) is 4.99 Å². The molecule has 2 aromatic carbocycles. The van der Waals surface area contributed by atoms with E-state index in [1.54, 1.807) is 67.5 Å². The molecular formula is C23H22F2N2O5S. The highest BCUT2D eigenvalue weighted by atomic mass is 32.2. The number of aliphatic imine (C=N–C) groups is 1. The van der Waals surface area contributed by atoms with Gasteiger partial charge < -0.3 is 19.1 Å². The maximum atomic E-state index is 14.1. The maximum absolute atomic E-state index is 14.1. The van der Waals surface area contributed by atoms with Gasteiger partial charge in [0.05, 0.1) is 11.1 Å². The topological polar surface area (TPSA) is 77.4 Å². The lowest BCUT2D eigenvalue weighted by molar-refractivity contribution is -0.194. The molecule has 0 saturated carbocycles. The molecule has 0 spiro atoms. The van der Waals surface area contributed by atoms with Gasteiger partial charge in [-0.2, -0.15) is 0 Å². The average Bonchev–Trinajstić information content (AvgIpc) is 3.26. The van der Waals surface area contributed by atoms with E-state index >= 15 is 0 Å². The zero-order valence-electron chi connectivity index (χ0n) is 17.8. The van der Waals surface area contributed by atoms with Crippen LogP contribution in [0.4, 0.5) is 8.78 Å². The maximum Gasteiger partial charge on any atom is 0.338 e. The molecule has 2 aliphatic heterocycles. The molecule has 0 amide bonds. The van der Waals surface area contributed by atoms with Crippen LogP contribution in [0.3, 0.4) is 0 Å². The van der Waals surface area contributed by atoms with Crippen LogP contribution in [0.15, 0.2) is 65.7 Å². The predicted octanol–water partition coefficient (Wildman–Crippen LogP) is 3.46. The summed E-state index contributed by atoms with van der Waals surface area (Å²) in [5, 5.41) is 0.536. The molecule has 2 aromatic rings. The highest BCUT2D eigenvalue weighted by molar-refractivity contribution is 8.14. The number of alkyl halides is 2. The van der Waals surface area contributed by atoms with E-state index in [1.165, 1.54) is 12.1 Å². The van der Waals surface area contributed by atoms with Gasteiger partial charge in [0.1, 0.15) is 11.5 Å². The van der Waals surface area contributed by atoms with Crippen LogP contribution in [0.25, 0.3) is 0 Å². The van der Waals surface area contributed by atoms with Crippen LogP contribution < -0.4 is 0 Å². The molecule has 0 bridgehead atoms. The fraction of sp³-hybridized carbons (Fsp3) is 0.348. The summed E-state index contributed by atoms with van der Waals surface area (Å²) in [6, 6.07) is 15.3. The number of halogens is 2. The van der Waals surface area contributed by atoms with Gasteiger partial charge in [-0.15, -0.1) is 0 Å². The number of carbonyl (C=O) groups is 2. The summed E-state index contributed by atoms with van der Waals surface area (Å²) in [6.07, 6.45) is -7.61. The molecule has 1 fully saturated rings. The normalized spacial score (nSPS) is 26.3. The summed E-state index contributed by atoms with van der Waals surface area (Å²) in [7, 11) is 3.51. The fourth-order valence-corrected chi connectivity index (χ4v) is 4.71. The average molecular weight is 477 g/mol. The highest BCUT2D eigenvalue weighted by Gasteiger charge is 2.56. The number of thioether (sulfide) groups is 1. The minimum Gasteiger partial charge on any atom is -0.452 e. The van der Waals surface area contributed by atoms with Crippen molar-refractivity contribution < 1.29 is 32.6 Å². The van der Waals surface area contributed by atoms with Crippen molar-refractivity contribution in [2.75, 3.05) is 14.1 Å². The number of carbonyl (C=O) groups excluding carboxylic acids is 2. The molecule has 0 aliphatic carbocycles. The van der Waals surface area contributed by atoms with Gasteiger partial charge in [-0.3, -0.25) is 4.99 Å². The van der Waals surface area contributed by atoms with Crippen molar-refractivity contribution in [1.29, 1.82) is 0 Å². The molecule has 0 unspecified atom stereocenters. The Kier molecular flexibility index (Phi) is 6.94. The Morgan fingerprint density at radius 3 is 1.94 bits per heavy atom. The summed E-state index contributed by atoms with van der Waals surface area (Å²) in [4.78, 5) is 31.8. The van der Waals surface area contributed by atoms with E-state index in [4.69, 9.17) is 14.2 Å².